The lowest BCUT2D eigenvalue weighted by atomic mass is 10.1. The molecule has 0 radical (unpaired) electrons. The van der Waals surface area contributed by atoms with Gasteiger partial charge in [-0.3, -0.25) is 4.57 Å². The molecule has 4 heterocycles. The molecule has 1 aromatic carbocycles. The Balaban J connectivity index is 1.33. The van der Waals surface area contributed by atoms with Crippen LogP contribution in [0.25, 0.3) is 11.2 Å². The minimum absolute atomic E-state index is 0.127. The molecule has 0 saturated carbocycles. The van der Waals surface area contributed by atoms with Gasteiger partial charge in [-0.1, -0.05) is 0 Å². The minimum atomic E-state index is -1.24. The molecule has 2 aliphatic rings. The molecule has 2 fully saturated rings. The van der Waals surface area contributed by atoms with Gasteiger partial charge in [-0.05, 0) is 18.6 Å². The van der Waals surface area contributed by atoms with Crippen LogP contribution in [0.2, 0.25) is 0 Å². The highest BCUT2D eigenvalue weighted by Gasteiger charge is 2.44. The Morgan fingerprint density at radius 3 is 2.84 bits per heavy atom. The molecule has 2 aromatic heterocycles. The number of imidazole rings is 1. The summed E-state index contributed by atoms with van der Waals surface area (Å²) in [6, 6.07) is 3.42. The molecule has 0 aliphatic carbocycles. The van der Waals surface area contributed by atoms with Gasteiger partial charge in [0.15, 0.2) is 23.2 Å². The number of fused-ring (bicyclic) bond motifs is 1. The molecule has 12 heteroatoms. The number of thioether (sulfide) groups is 1. The molecule has 3 aromatic rings. The maximum Gasteiger partial charge on any atom is 0.167 e. The predicted molar refractivity (Wildman–Crippen MR) is 111 cm³/mol. The quantitative estimate of drug-likeness (QED) is 0.468. The number of anilines is 1. The molecule has 0 bridgehead atoms. The van der Waals surface area contributed by atoms with Gasteiger partial charge in [0.1, 0.15) is 30.2 Å². The van der Waals surface area contributed by atoms with E-state index in [-0.39, 0.29) is 16.7 Å². The fourth-order valence-corrected chi connectivity index (χ4v) is 4.83. The Hall–Kier alpha value is -2.38. The monoisotopic (exact) mass is 465 g/mol. The van der Waals surface area contributed by atoms with Crippen LogP contribution < -0.4 is 5.32 Å². The molecule has 0 amide bonds. The van der Waals surface area contributed by atoms with E-state index >= 15 is 0 Å². The molecule has 9 nitrogen and oxygen atoms in total. The van der Waals surface area contributed by atoms with Gasteiger partial charge in [-0.15, -0.1) is 11.8 Å². The molecular weight excluding hydrogens is 444 g/mol. The van der Waals surface area contributed by atoms with Crippen LogP contribution >= 0.6 is 11.8 Å². The molecule has 2 aliphatic heterocycles. The maximum absolute atomic E-state index is 13.9. The summed E-state index contributed by atoms with van der Waals surface area (Å²) in [6.45, 7) is 1.26. The molecule has 170 valence electrons. The third kappa shape index (κ3) is 4.04. The summed E-state index contributed by atoms with van der Waals surface area (Å²) in [5.41, 5.74) is 0.950. The van der Waals surface area contributed by atoms with E-state index in [1.54, 1.807) is 4.57 Å². The van der Waals surface area contributed by atoms with Crippen molar-refractivity contribution in [2.75, 3.05) is 24.3 Å². The van der Waals surface area contributed by atoms with Gasteiger partial charge >= 0.3 is 0 Å². The standard InChI is InChI=1S/C20H21F2N5O4S/c21-10-1-2-14(12(22)5-10)32-7-13-16(28)17(29)20(31-13)27-9-25-15-18(23-8-24-19(15)27)26-11-3-4-30-6-11/h1-2,5,8-9,11,13,16-17,20,28-29H,3-4,6-7H2,(H,23,24,26)/t11-,13-,16-,17-,20-/m1/s1. The molecule has 5 rings (SSSR count). The lowest BCUT2D eigenvalue weighted by Crippen LogP contribution is -2.32. The first kappa shape index (κ1) is 21.5. The van der Waals surface area contributed by atoms with Gasteiger partial charge < -0.3 is 25.0 Å². The molecule has 3 N–H and O–H groups in total. The van der Waals surface area contributed by atoms with Crippen LogP contribution in [0.1, 0.15) is 12.6 Å². The summed E-state index contributed by atoms with van der Waals surface area (Å²) < 4.78 is 39.8. The number of rotatable bonds is 6. The van der Waals surface area contributed by atoms with E-state index < -0.39 is 36.2 Å². The fraction of sp³-hybridized carbons (Fsp3) is 0.450. The highest BCUT2D eigenvalue weighted by Crippen LogP contribution is 2.35. The number of nitrogens with zero attached hydrogens (tertiary/aromatic N) is 4. The van der Waals surface area contributed by atoms with Gasteiger partial charge in [0.25, 0.3) is 0 Å². The number of nitrogens with one attached hydrogen (secondary N) is 1. The Labute approximate surface area is 185 Å². The van der Waals surface area contributed by atoms with Crippen molar-refractivity contribution in [3.05, 3.63) is 42.5 Å². The van der Waals surface area contributed by atoms with Crippen molar-refractivity contribution < 1.29 is 28.5 Å². The van der Waals surface area contributed by atoms with Crippen LogP contribution in [0, 0.1) is 11.6 Å². The lowest BCUT2D eigenvalue weighted by molar-refractivity contribution is -0.0289. The van der Waals surface area contributed by atoms with Crippen molar-refractivity contribution in [3.63, 3.8) is 0 Å². The Bertz CT molecular complexity index is 1110. The first-order valence-corrected chi connectivity index (χ1v) is 11.1. The summed E-state index contributed by atoms with van der Waals surface area (Å²) >= 11 is 1.07. The van der Waals surface area contributed by atoms with Gasteiger partial charge in [-0.2, -0.15) is 0 Å². The molecule has 32 heavy (non-hydrogen) atoms. The number of ether oxygens (including phenoxy) is 2. The fourth-order valence-electron chi connectivity index (χ4n) is 3.85. The second kappa shape index (κ2) is 8.87. The summed E-state index contributed by atoms with van der Waals surface area (Å²) in [5, 5.41) is 24.4. The average molecular weight is 465 g/mol. The zero-order valence-corrected chi connectivity index (χ0v) is 17.6. The van der Waals surface area contributed by atoms with Crippen molar-refractivity contribution in [3.8, 4) is 0 Å². The van der Waals surface area contributed by atoms with E-state index in [0.29, 0.717) is 30.2 Å². The Kier molecular flexibility index (Phi) is 5.95. The number of hydrogen-bond donors (Lipinski definition) is 3. The Morgan fingerprint density at radius 2 is 2.06 bits per heavy atom. The number of aliphatic hydroxyl groups excluding tert-OH is 2. The molecule has 0 spiro atoms. The van der Waals surface area contributed by atoms with Crippen LogP contribution in [0.15, 0.2) is 35.7 Å². The zero-order valence-electron chi connectivity index (χ0n) is 16.8. The van der Waals surface area contributed by atoms with Crippen LogP contribution in [0.4, 0.5) is 14.6 Å². The number of halogens is 2. The first-order valence-electron chi connectivity index (χ1n) is 10.1. The highest BCUT2D eigenvalue weighted by molar-refractivity contribution is 7.99. The predicted octanol–water partition coefficient (Wildman–Crippen LogP) is 1.72. The molecular formula is C20H21F2N5O4S. The van der Waals surface area contributed by atoms with Crippen molar-refractivity contribution in [2.45, 2.75) is 41.9 Å². The second-order valence-electron chi connectivity index (χ2n) is 7.68. The summed E-state index contributed by atoms with van der Waals surface area (Å²) in [7, 11) is 0. The number of hydrogen-bond acceptors (Lipinski definition) is 9. The van der Waals surface area contributed by atoms with Crippen molar-refractivity contribution in [2.24, 2.45) is 0 Å². The lowest BCUT2D eigenvalue weighted by Gasteiger charge is -2.17. The molecule has 2 saturated heterocycles. The summed E-state index contributed by atoms with van der Waals surface area (Å²) in [4.78, 5) is 13.1. The smallest absolute Gasteiger partial charge is 0.167 e. The van der Waals surface area contributed by atoms with E-state index in [1.807, 2.05) is 0 Å². The minimum Gasteiger partial charge on any atom is -0.387 e. The third-order valence-corrected chi connectivity index (χ3v) is 6.67. The molecule has 5 atom stereocenters. The van der Waals surface area contributed by atoms with E-state index in [9.17, 15) is 19.0 Å². The molecule has 0 unspecified atom stereocenters. The zero-order chi connectivity index (χ0) is 22.2. The SMILES string of the molecule is O[C@@H]1[C@H](O)[C@@H](CSc2ccc(F)cc2F)O[C@H]1n1cnc2c(N[C@@H]3CCOC3)ncnc21. The Morgan fingerprint density at radius 1 is 1.19 bits per heavy atom. The van der Waals surface area contributed by atoms with E-state index in [1.165, 1.54) is 18.7 Å². The van der Waals surface area contributed by atoms with E-state index in [2.05, 4.69) is 20.3 Å². The first-order chi connectivity index (χ1) is 15.5. The van der Waals surface area contributed by atoms with Crippen LogP contribution in [0.5, 0.6) is 0 Å². The van der Waals surface area contributed by atoms with Crippen LogP contribution in [-0.4, -0.2) is 73.1 Å². The van der Waals surface area contributed by atoms with E-state index in [4.69, 9.17) is 9.47 Å². The average Bonchev–Trinajstić information content (AvgIpc) is 3.50. The number of benzene rings is 1. The summed E-state index contributed by atoms with van der Waals surface area (Å²) in [5.74, 6) is -0.642. The van der Waals surface area contributed by atoms with Crippen LogP contribution in [0.3, 0.4) is 0 Å². The van der Waals surface area contributed by atoms with Crippen molar-refractivity contribution in [1.82, 2.24) is 19.5 Å². The summed E-state index contributed by atoms with van der Waals surface area (Å²) in [6.07, 6.45) is -0.439. The maximum atomic E-state index is 13.9. The third-order valence-electron chi connectivity index (χ3n) is 5.54. The van der Waals surface area contributed by atoms with Gasteiger partial charge in [0, 0.05) is 23.3 Å². The van der Waals surface area contributed by atoms with E-state index in [0.717, 1.165) is 30.3 Å². The highest BCUT2D eigenvalue weighted by atomic mass is 32.2. The van der Waals surface area contributed by atoms with Crippen molar-refractivity contribution in [1.29, 1.82) is 0 Å². The van der Waals surface area contributed by atoms with Crippen molar-refractivity contribution >= 4 is 28.7 Å². The van der Waals surface area contributed by atoms with Gasteiger partial charge in [0.05, 0.1) is 25.1 Å². The van der Waals surface area contributed by atoms with Gasteiger partial charge in [-0.25, -0.2) is 23.7 Å². The number of aliphatic hydroxyl groups is 2. The second-order valence-corrected chi connectivity index (χ2v) is 8.75. The van der Waals surface area contributed by atoms with Gasteiger partial charge in [0.2, 0.25) is 0 Å². The largest absolute Gasteiger partial charge is 0.387 e. The van der Waals surface area contributed by atoms with Crippen LogP contribution in [-0.2, 0) is 9.47 Å². The normalized spacial score (nSPS) is 27.9. The number of aromatic nitrogens is 4. The topological polar surface area (TPSA) is 115 Å².